The van der Waals surface area contributed by atoms with E-state index < -0.39 is 0 Å². The highest BCUT2D eigenvalue weighted by molar-refractivity contribution is 6.21. The monoisotopic (exact) mass is 292 g/mol. The molecule has 0 bridgehead atoms. The van der Waals surface area contributed by atoms with Gasteiger partial charge in [0.25, 0.3) is 0 Å². The van der Waals surface area contributed by atoms with Crippen molar-refractivity contribution in [3.8, 4) is 5.75 Å². The van der Waals surface area contributed by atoms with Crippen LogP contribution < -0.4 is 4.74 Å². The van der Waals surface area contributed by atoms with E-state index in [0.29, 0.717) is 6.42 Å². The highest BCUT2D eigenvalue weighted by Crippen LogP contribution is 2.31. The molecule has 0 fully saturated rings. The van der Waals surface area contributed by atoms with E-state index in [1.54, 1.807) is 7.11 Å². The molecule has 3 heteroatoms. The number of alkyl halides is 1. The Morgan fingerprint density at radius 2 is 1.65 bits per heavy atom. The van der Waals surface area contributed by atoms with Gasteiger partial charge in [-0.15, -0.1) is 11.6 Å². The van der Waals surface area contributed by atoms with E-state index in [1.165, 1.54) is 12.1 Å². The summed E-state index contributed by atoms with van der Waals surface area (Å²) in [4.78, 5) is 0. The first kappa shape index (κ1) is 14.9. The molecule has 0 saturated carbocycles. The molecule has 2 aromatic rings. The van der Waals surface area contributed by atoms with Gasteiger partial charge < -0.3 is 4.74 Å². The molecular formula is C17H18ClFO. The molecule has 0 N–H and O–H groups in total. The van der Waals surface area contributed by atoms with Gasteiger partial charge in [-0.2, -0.15) is 0 Å². The number of hydrogen-bond donors (Lipinski definition) is 0. The predicted octanol–water partition coefficient (Wildman–Crippen LogP) is 4.97. The van der Waals surface area contributed by atoms with Crippen molar-refractivity contribution in [1.82, 2.24) is 0 Å². The zero-order chi connectivity index (χ0) is 14.7. The molecular weight excluding hydrogens is 275 g/mol. The van der Waals surface area contributed by atoms with Gasteiger partial charge in [-0.25, -0.2) is 4.39 Å². The van der Waals surface area contributed by atoms with Crippen LogP contribution in [0.2, 0.25) is 0 Å². The van der Waals surface area contributed by atoms with E-state index in [9.17, 15) is 4.39 Å². The van der Waals surface area contributed by atoms with Crippen molar-refractivity contribution in [3.05, 3.63) is 64.5 Å². The Hall–Kier alpha value is -1.54. The molecule has 0 radical (unpaired) electrons. The van der Waals surface area contributed by atoms with Crippen molar-refractivity contribution in [2.45, 2.75) is 25.6 Å². The summed E-state index contributed by atoms with van der Waals surface area (Å²) in [5, 5.41) is -0.163. The molecule has 2 rings (SSSR count). The van der Waals surface area contributed by atoms with Crippen LogP contribution in [0.15, 0.2) is 36.4 Å². The lowest BCUT2D eigenvalue weighted by Gasteiger charge is -2.16. The van der Waals surface area contributed by atoms with E-state index in [-0.39, 0.29) is 11.2 Å². The summed E-state index contributed by atoms with van der Waals surface area (Å²) < 4.78 is 18.5. The van der Waals surface area contributed by atoms with Gasteiger partial charge in [0.05, 0.1) is 12.5 Å². The Bertz CT molecular complexity index is 569. The average Bonchev–Trinajstić information content (AvgIpc) is 2.38. The third-order valence-corrected chi connectivity index (χ3v) is 3.82. The molecule has 106 valence electrons. The third kappa shape index (κ3) is 3.31. The molecule has 0 aromatic heterocycles. The van der Waals surface area contributed by atoms with E-state index in [2.05, 4.69) is 0 Å². The summed E-state index contributed by atoms with van der Waals surface area (Å²) in [7, 11) is 1.64. The molecule has 0 aliphatic heterocycles. The number of benzene rings is 2. The molecule has 0 aliphatic rings. The first-order valence-corrected chi connectivity index (χ1v) is 6.98. The molecule has 20 heavy (non-hydrogen) atoms. The molecule has 0 amide bonds. The number of hydrogen-bond acceptors (Lipinski definition) is 1. The zero-order valence-electron chi connectivity index (χ0n) is 11.9. The molecule has 2 aromatic carbocycles. The van der Waals surface area contributed by atoms with E-state index in [4.69, 9.17) is 16.3 Å². The highest BCUT2D eigenvalue weighted by Gasteiger charge is 2.15. The largest absolute Gasteiger partial charge is 0.497 e. The average molecular weight is 293 g/mol. The normalized spacial score (nSPS) is 12.2. The van der Waals surface area contributed by atoms with Crippen LogP contribution in [-0.4, -0.2) is 7.11 Å². The Morgan fingerprint density at radius 3 is 2.15 bits per heavy atom. The van der Waals surface area contributed by atoms with Crippen LogP contribution in [0, 0.1) is 19.7 Å². The SMILES string of the molecule is COc1ccc(CC(Cl)c2c(C)cc(F)cc2C)cc1. The predicted molar refractivity (Wildman–Crippen MR) is 81.2 cm³/mol. The minimum absolute atomic E-state index is 0.163. The van der Waals surface area contributed by atoms with Gasteiger partial charge >= 0.3 is 0 Å². The number of aryl methyl sites for hydroxylation is 2. The fourth-order valence-corrected chi connectivity index (χ4v) is 3.01. The van der Waals surface area contributed by atoms with Gasteiger partial charge in [0.15, 0.2) is 0 Å². The Kier molecular flexibility index (Phi) is 4.66. The number of methoxy groups -OCH3 is 1. The third-order valence-electron chi connectivity index (χ3n) is 3.45. The van der Waals surface area contributed by atoms with Crippen LogP contribution in [0.1, 0.15) is 27.6 Å². The fourth-order valence-electron chi connectivity index (χ4n) is 2.49. The zero-order valence-corrected chi connectivity index (χ0v) is 12.7. The van der Waals surface area contributed by atoms with Crippen molar-refractivity contribution in [2.75, 3.05) is 7.11 Å². The topological polar surface area (TPSA) is 9.23 Å². The lowest BCUT2D eigenvalue weighted by Crippen LogP contribution is -2.02. The molecule has 0 saturated heterocycles. The van der Waals surface area contributed by atoms with Crippen molar-refractivity contribution in [2.24, 2.45) is 0 Å². The van der Waals surface area contributed by atoms with Crippen LogP contribution in [0.4, 0.5) is 4.39 Å². The summed E-state index contributed by atoms with van der Waals surface area (Å²) in [6, 6.07) is 10.9. The smallest absolute Gasteiger partial charge is 0.123 e. The second-order valence-electron chi connectivity index (χ2n) is 4.97. The minimum atomic E-state index is -0.211. The number of halogens is 2. The van der Waals surface area contributed by atoms with Gasteiger partial charge in [-0.05, 0) is 66.8 Å². The Labute approximate surface area is 124 Å². The molecule has 0 spiro atoms. The van der Waals surface area contributed by atoms with Gasteiger partial charge in [-0.3, -0.25) is 0 Å². The van der Waals surface area contributed by atoms with Gasteiger partial charge in [0.2, 0.25) is 0 Å². The summed E-state index contributed by atoms with van der Waals surface area (Å²) in [5.74, 6) is 0.617. The number of ether oxygens (including phenoxy) is 1. The Morgan fingerprint density at radius 1 is 1.10 bits per heavy atom. The van der Waals surface area contributed by atoms with Crippen LogP contribution in [0.3, 0.4) is 0 Å². The first-order valence-electron chi connectivity index (χ1n) is 6.55. The van der Waals surface area contributed by atoms with Crippen LogP contribution in [0.5, 0.6) is 5.75 Å². The summed E-state index contributed by atoms with van der Waals surface area (Å²) in [6.07, 6.45) is 0.707. The lowest BCUT2D eigenvalue weighted by molar-refractivity contribution is 0.414. The summed E-state index contributed by atoms with van der Waals surface area (Å²) in [5.41, 5.74) is 3.95. The van der Waals surface area contributed by atoms with Crippen molar-refractivity contribution >= 4 is 11.6 Å². The molecule has 0 aliphatic carbocycles. The maximum Gasteiger partial charge on any atom is 0.123 e. The Balaban J connectivity index is 2.21. The molecule has 1 nitrogen and oxygen atoms in total. The van der Waals surface area contributed by atoms with Crippen molar-refractivity contribution in [3.63, 3.8) is 0 Å². The molecule has 1 atom stereocenters. The maximum atomic E-state index is 13.3. The summed E-state index contributed by atoms with van der Waals surface area (Å²) in [6.45, 7) is 3.80. The van der Waals surface area contributed by atoms with E-state index in [0.717, 1.165) is 28.0 Å². The lowest BCUT2D eigenvalue weighted by atomic mass is 9.95. The second-order valence-corrected chi connectivity index (χ2v) is 5.50. The van der Waals surface area contributed by atoms with Gasteiger partial charge in [0.1, 0.15) is 11.6 Å². The van der Waals surface area contributed by atoms with E-state index in [1.807, 2.05) is 38.1 Å². The second kappa shape index (κ2) is 6.27. The van der Waals surface area contributed by atoms with Gasteiger partial charge in [0, 0.05) is 0 Å². The standard InChI is InChI=1S/C17H18ClFO/c1-11-8-14(19)9-12(2)17(11)16(18)10-13-4-6-15(20-3)7-5-13/h4-9,16H,10H2,1-3H3. The van der Waals surface area contributed by atoms with Crippen LogP contribution in [-0.2, 0) is 6.42 Å². The highest BCUT2D eigenvalue weighted by atomic mass is 35.5. The minimum Gasteiger partial charge on any atom is -0.497 e. The summed E-state index contributed by atoms with van der Waals surface area (Å²) >= 11 is 6.52. The maximum absolute atomic E-state index is 13.3. The quantitative estimate of drug-likeness (QED) is 0.723. The van der Waals surface area contributed by atoms with E-state index >= 15 is 0 Å². The van der Waals surface area contributed by atoms with Gasteiger partial charge in [-0.1, -0.05) is 12.1 Å². The van der Waals surface area contributed by atoms with Crippen LogP contribution in [0.25, 0.3) is 0 Å². The molecule has 0 heterocycles. The number of rotatable bonds is 4. The first-order chi connectivity index (χ1) is 9.51. The fraction of sp³-hybridized carbons (Fsp3) is 0.294. The molecule has 1 unspecified atom stereocenters. The van der Waals surface area contributed by atoms with Crippen molar-refractivity contribution in [1.29, 1.82) is 0 Å². The van der Waals surface area contributed by atoms with Crippen molar-refractivity contribution < 1.29 is 9.13 Å². The van der Waals surface area contributed by atoms with Crippen LogP contribution >= 0.6 is 11.6 Å².